The van der Waals surface area contributed by atoms with Crippen molar-refractivity contribution in [2.75, 3.05) is 5.32 Å². The van der Waals surface area contributed by atoms with Crippen molar-refractivity contribution in [3.8, 4) is 5.75 Å². The van der Waals surface area contributed by atoms with Crippen molar-refractivity contribution in [2.24, 2.45) is 5.73 Å². The van der Waals surface area contributed by atoms with Gasteiger partial charge in [-0.15, -0.1) is 0 Å². The van der Waals surface area contributed by atoms with E-state index in [0.29, 0.717) is 12.1 Å². The highest BCUT2D eigenvalue weighted by molar-refractivity contribution is 5.96. The van der Waals surface area contributed by atoms with Crippen LogP contribution in [0, 0.1) is 13.8 Å². The molecule has 2 rings (SSSR count). The van der Waals surface area contributed by atoms with Crippen LogP contribution in [0.15, 0.2) is 42.5 Å². The quantitative estimate of drug-likeness (QED) is 0.755. The molecule has 0 saturated carbocycles. The fourth-order valence-electron chi connectivity index (χ4n) is 2.24. The van der Waals surface area contributed by atoms with E-state index in [1.807, 2.05) is 43.3 Å². The highest BCUT2D eigenvalue weighted by Crippen LogP contribution is 2.28. The van der Waals surface area contributed by atoms with Crippen LogP contribution in [0.1, 0.15) is 16.7 Å². The first-order valence-electron chi connectivity index (χ1n) is 6.88. The summed E-state index contributed by atoms with van der Waals surface area (Å²) in [6, 6.07) is 12.5. The third kappa shape index (κ3) is 3.83. The van der Waals surface area contributed by atoms with E-state index in [1.54, 1.807) is 13.0 Å². The van der Waals surface area contributed by atoms with Crippen LogP contribution in [0.4, 0.5) is 5.69 Å². The SMILES string of the molecule is Cc1cc(C)c(O)c(NC(=O)[C@@H](N)Cc2ccccc2)c1. The molecule has 2 aromatic rings. The topological polar surface area (TPSA) is 75.3 Å². The number of anilines is 1. The molecule has 1 atom stereocenters. The molecule has 4 heteroatoms. The Hall–Kier alpha value is -2.33. The molecule has 110 valence electrons. The minimum Gasteiger partial charge on any atom is -0.505 e. The molecule has 2 aromatic carbocycles. The molecule has 0 unspecified atom stereocenters. The molecule has 1 amide bonds. The fraction of sp³-hybridized carbons (Fsp3) is 0.235. The average molecular weight is 284 g/mol. The molecule has 0 saturated heterocycles. The number of aromatic hydroxyl groups is 1. The van der Waals surface area contributed by atoms with Crippen LogP contribution in [-0.4, -0.2) is 17.1 Å². The van der Waals surface area contributed by atoms with E-state index in [1.165, 1.54) is 0 Å². The number of hydrogen-bond acceptors (Lipinski definition) is 3. The van der Waals surface area contributed by atoms with E-state index in [2.05, 4.69) is 5.32 Å². The molecule has 0 aliphatic carbocycles. The van der Waals surface area contributed by atoms with Crippen molar-refractivity contribution in [1.82, 2.24) is 0 Å². The third-order valence-electron chi connectivity index (χ3n) is 3.34. The van der Waals surface area contributed by atoms with Crippen LogP contribution in [-0.2, 0) is 11.2 Å². The van der Waals surface area contributed by atoms with Gasteiger partial charge in [-0.25, -0.2) is 0 Å². The minimum atomic E-state index is -0.660. The molecule has 0 fully saturated rings. The van der Waals surface area contributed by atoms with E-state index in [4.69, 9.17) is 5.73 Å². The molecule has 0 bridgehead atoms. The van der Waals surface area contributed by atoms with Gasteiger partial charge in [0.05, 0.1) is 11.7 Å². The second-order valence-corrected chi connectivity index (χ2v) is 5.26. The van der Waals surface area contributed by atoms with Crippen molar-refractivity contribution >= 4 is 11.6 Å². The van der Waals surface area contributed by atoms with Gasteiger partial charge in [-0.2, -0.15) is 0 Å². The first-order chi connectivity index (χ1) is 9.97. The van der Waals surface area contributed by atoms with E-state index in [9.17, 15) is 9.90 Å². The van der Waals surface area contributed by atoms with Gasteiger partial charge in [0, 0.05) is 0 Å². The first-order valence-corrected chi connectivity index (χ1v) is 6.88. The van der Waals surface area contributed by atoms with Gasteiger partial charge in [0.2, 0.25) is 5.91 Å². The molecule has 0 aromatic heterocycles. The van der Waals surface area contributed by atoms with Crippen LogP contribution < -0.4 is 11.1 Å². The van der Waals surface area contributed by atoms with Crippen LogP contribution in [0.25, 0.3) is 0 Å². The molecular weight excluding hydrogens is 264 g/mol. The molecule has 4 nitrogen and oxygen atoms in total. The van der Waals surface area contributed by atoms with Crippen LogP contribution in [0.5, 0.6) is 5.75 Å². The predicted molar refractivity (Wildman–Crippen MR) is 84.3 cm³/mol. The number of benzene rings is 2. The Balaban J connectivity index is 2.08. The third-order valence-corrected chi connectivity index (χ3v) is 3.34. The number of amides is 1. The summed E-state index contributed by atoms with van der Waals surface area (Å²) in [5.74, 6) is -0.222. The number of nitrogens with one attached hydrogen (secondary N) is 1. The number of aryl methyl sites for hydroxylation is 2. The zero-order valence-electron chi connectivity index (χ0n) is 12.3. The summed E-state index contributed by atoms with van der Waals surface area (Å²) < 4.78 is 0. The smallest absolute Gasteiger partial charge is 0.241 e. The number of carbonyl (C=O) groups excluding carboxylic acids is 1. The molecule has 21 heavy (non-hydrogen) atoms. The van der Waals surface area contributed by atoms with Gasteiger partial charge < -0.3 is 16.2 Å². The van der Waals surface area contributed by atoms with Crippen LogP contribution in [0.2, 0.25) is 0 Å². The summed E-state index contributed by atoms with van der Waals surface area (Å²) >= 11 is 0. The zero-order chi connectivity index (χ0) is 15.4. The summed E-state index contributed by atoms with van der Waals surface area (Å²) in [7, 11) is 0. The lowest BCUT2D eigenvalue weighted by molar-refractivity contribution is -0.117. The first kappa shape index (κ1) is 15.1. The van der Waals surface area contributed by atoms with Gasteiger partial charge in [0.15, 0.2) is 0 Å². The minimum absolute atomic E-state index is 0.0841. The van der Waals surface area contributed by atoms with Gasteiger partial charge in [0.1, 0.15) is 5.75 Å². The van der Waals surface area contributed by atoms with E-state index >= 15 is 0 Å². The Morgan fingerprint density at radius 2 is 1.90 bits per heavy atom. The standard InChI is InChI=1S/C17H20N2O2/c1-11-8-12(2)16(20)15(9-11)19-17(21)14(18)10-13-6-4-3-5-7-13/h3-9,14,20H,10,18H2,1-2H3,(H,19,21)/t14-/m0/s1. The molecule has 0 radical (unpaired) electrons. The van der Waals surface area contributed by atoms with Crippen LogP contribution in [0.3, 0.4) is 0 Å². The molecule has 4 N–H and O–H groups in total. The maximum absolute atomic E-state index is 12.1. The maximum atomic E-state index is 12.1. The van der Waals surface area contributed by atoms with E-state index in [0.717, 1.165) is 16.7 Å². The van der Waals surface area contributed by atoms with E-state index < -0.39 is 6.04 Å². The van der Waals surface area contributed by atoms with Crippen molar-refractivity contribution in [3.05, 3.63) is 59.2 Å². The Labute approximate surface area is 124 Å². The molecular formula is C17H20N2O2. The van der Waals surface area contributed by atoms with Crippen LogP contribution >= 0.6 is 0 Å². The summed E-state index contributed by atoms with van der Waals surface area (Å²) in [4.78, 5) is 12.1. The second kappa shape index (κ2) is 6.41. The number of phenols is 1. The molecule has 0 spiro atoms. The highest BCUT2D eigenvalue weighted by Gasteiger charge is 2.16. The van der Waals surface area contributed by atoms with E-state index in [-0.39, 0.29) is 11.7 Å². The Morgan fingerprint density at radius 3 is 2.57 bits per heavy atom. The Kier molecular flexibility index (Phi) is 4.60. The Morgan fingerprint density at radius 1 is 1.24 bits per heavy atom. The summed E-state index contributed by atoms with van der Waals surface area (Å²) in [6.07, 6.45) is 0.457. The number of rotatable bonds is 4. The number of hydrogen-bond donors (Lipinski definition) is 3. The number of carbonyl (C=O) groups is 1. The highest BCUT2D eigenvalue weighted by atomic mass is 16.3. The summed E-state index contributed by atoms with van der Waals surface area (Å²) in [6.45, 7) is 3.70. The van der Waals surface area contributed by atoms with Crippen molar-refractivity contribution in [2.45, 2.75) is 26.3 Å². The van der Waals surface area contributed by atoms with Gasteiger partial charge in [-0.3, -0.25) is 4.79 Å². The number of phenolic OH excluding ortho intramolecular Hbond substituents is 1. The predicted octanol–water partition coefficient (Wildman–Crippen LogP) is 2.52. The molecule has 0 aliphatic heterocycles. The van der Waals surface area contributed by atoms with Gasteiger partial charge in [-0.1, -0.05) is 36.4 Å². The lowest BCUT2D eigenvalue weighted by Crippen LogP contribution is -2.37. The monoisotopic (exact) mass is 284 g/mol. The van der Waals surface area contributed by atoms with Crippen molar-refractivity contribution in [1.29, 1.82) is 0 Å². The van der Waals surface area contributed by atoms with Gasteiger partial charge in [-0.05, 0) is 43.0 Å². The molecule has 0 heterocycles. The normalized spacial score (nSPS) is 12.0. The lowest BCUT2D eigenvalue weighted by atomic mass is 10.1. The second-order valence-electron chi connectivity index (χ2n) is 5.26. The summed E-state index contributed by atoms with van der Waals surface area (Å²) in [5.41, 5.74) is 9.03. The average Bonchev–Trinajstić information content (AvgIpc) is 2.45. The molecule has 0 aliphatic rings. The van der Waals surface area contributed by atoms with Crippen molar-refractivity contribution in [3.63, 3.8) is 0 Å². The van der Waals surface area contributed by atoms with Gasteiger partial charge in [0.25, 0.3) is 0 Å². The summed E-state index contributed by atoms with van der Waals surface area (Å²) in [5, 5.41) is 12.7. The number of nitrogens with two attached hydrogens (primary N) is 1. The fourth-order valence-corrected chi connectivity index (χ4v) is 2.24. The largest absolute Gasteiger partial charge is 0.505 e. The zero-order valence-corrected chi connectivity index (χ0v) is 12.3. The Bertz CT molecular complexity index is 639. The van der Waals surface area contributed by atoms with Gasteiger partial charge >= 0.3 is 0 Å². The lowest BCUT2D eigenvalue weighted by Gasteiger charge is -2.14. The maximum Gasteiger partial charge on any atom is 0.241 e. The van der Waals surface area contributed by atoms with Crippen molar-refractivity contribution < 1.29 is 9.90 Å².